The van der Waals surface area contributed by atoms with Gasteiger partial charge in [0.15, 0.2) is 12.3 Å². The number of hydrogen-bond donors (Lipinski definition) is 0. The molecule has 0 saturated heterocycles. The van der Waals surface area contributed by atoms with Gasteiger partial charge in [0.2, 0.25) is 5.89 Å². The molecule has 0 N–H and O–H groups in total. The third-order valence-corrected chi connectivity index (χ3v) is 4.78. The third kappa shape index (κ3) is 3.65. The van der Waals surface area contributed by atoms with Crippen molar-refractivity contribution in [2.75, 3.05) is 7.05 Å². The van der Waals surface area contributed by atoms with Crippen LogP contribution in [0, 0.1) is 0 Å². The van der Waals surface area contributed by atoms with Crippen LogP contribution in [0.2, 0.25) is 0 Å². The maximum atomic E-state index is 12.5. The van der Waals surface area contributed by atoms with E-state index in [4.69, 9.17) is 9.15 Å². The van der Waals surface area contributed by atoms with Crippen LogP contribution in [0.1, 0.15) is 34.2 Å². The molecule has 6 heteroatoms. The number of hydrogen-bond acceptors (Lipinski definition) is 5. The lowest BCUT2D eigenvalue weighted by Gasteiger charge is -2.22. The Labute approximate surface area is 144 Å². The molecule has 1 aromatic carbocycles. The smallest absolute Gasteiger partial charge is 0.276 e. The van der Waals surface area contributed by atoms with Gasteiger partial charge in [0.25, 0.3) is 5.91 Å². The number of benzene rings is 1. The topological polar surface area (TPSA) is 55.6 Å². The zero-order chi connectivity index (χ0) is 16.9. The van der Waals surface area contributed by atoms with E-state index < -0.39 is 0 Å². The first-order valence-electron chi connectivity index (χ1n) is 7.58. The molecule has 2 heterocycles. The van der Waals surface area contributed by atoms with Crippen LogP contribution in [0.15, 0.2) is 58.5 Å². The zero-order valence-electron chi connectivity index (χ0n) is 13.5. The van der Waals surface area contributed by atoms with E-state index in [9.17, 15) is 4.79 Å². The molecule has 24 heavy (non-hydrogen) atoms. The molecule has 0 unspecified atom stereocenters. The molecule has 0 bridgehead atoms. The van der Waals surface area contributed by atoms with Gasteiger partial charge >= 0.3 is 0 Å². The maximum Gasteiger partial charge on any atom is 0.276 e. The predicted octanol–water partition coefficient (Wildman–Crippen LogP) is 4.15. The molecule has 1 amide bonds. The van der Waals surface area contributed by atoms with Gasteiger partial charge in [-0.05, 0) is 30.5 Å². The first-order chi connectivity index (χ1) is 11.6. The quantitative estimate of drug-likeness (QED) is 0.675. The summed E-state index contributed by atoms with van der Waals surface area (Å²) in [5, 5.41) is 2.00. The number of aromatic nitrogens is 1. The van der Waals surface area contributed by atoms with E-state index in [1.807, 2.05) is 54.8 Å². The normalized spacial score (nSPS) is 11.9. The lowest BCUT2D eigenvalue weighted by molar-refractivity contribution is 0.0739. The molecule has 5 nitrogen and oxygen atoms in total. The van der Waals surface area contributed by atoms with Crippen LogP contribution < -0.4 is 4.74 Å². The highest BCUT2D eigenvalue weighted by molar-refractivity contribution is 7.10. The van der Waals surface area contributed by atoms with Crippen molar-refractivity contribution in [1.82, 2.24) is 9.88 Å². The molecular weight excluding hydrogens is 324 g/mol. The molecule has 3 aromatic rings. The van der Waals surface area contributed by atoms with Crippen molar-refractivity contribution in [3.05, 3.63) is 70.6 Å². The fraction of sp³-hybridized carbons (Fsp3) is 0.222. The molecular formula is C18H18N2O3S. The number of amides is 1. The lowest BCUT2D eigenvalue weighted by atomic mass is 10.2. The van der Waals surface area contributed by atoms with Gasteiger partial charge in [-0.25, -0.2) is 4.98 Å². The van der Waals surface area contributed by atoms with Crippen LogP contribution in [0.3, 0.4) is 0 Å². The molecule has 2 aromatic heterocycles. The summed E-state index contributed by atoms with van der Waals surface area (Å²) in [5.74, 6) is 0.928. The molecule has 1 atom stereocenters. The lowest BCUT2D eigenvalue weighted by Crippen LogP contribution is -2.29. The third-order valence-electron chi connectivity index (χ3n) is 3.73. The SMILES string of the molecule is C[C@@H](c1cccs1)N(C)C(=O)c1coc(COc2ccccc2)n1. The molecule has 3 rings (SSSR count). The molecule has 0 aliphatic rings. The van der Waals surface area contributed by atoms with E-state index in [1.54, 1.807) is 23.3 Å². The van der Waals surface area contributed by atoms with Gasteiger partial charge in [0.1, 0.15) is 12.0 Å². The Morgan fingerprint density at radius 3 is 2.79 bits per heavy atom. The first-order valence-corrected chi connectivity index (χ1v) is 8.46. The van der Waals surface area contributed by atoms with E-state index >= 15 is 0 Å². The highest BCUT2D eigenvalue weighted by Gasteiger charge is 2.22. The summed E-state index contributed by atoms with van der Waals surface area (Å²) >= 11 is 1.63. The number of nitrogens with zero attached hydrogens (tertiary/aromatic N) is 2. The Morgan fingerprint density at radius 1 is 1.29 bits per heavy atom. The van der Waals surface area contributed by atoms with Crippen molar-refractivity contribution < 1.29 is 13.9 Å². The van der Waals surface area contributed by atoms with E-state index in [1.165, 1.54) is 6.26 Å². The van der Waals surface area contributed by atoms with E-state index in [2.05, 4.69) is 4.98 Å². The van der Waals surface area contributed by atoms with Gasteiger partial charge in [0.05, 0.1) is 6.04 Å². The Bertz CT molecular complexity index is 784. The average Bonchev–Trinajstić information content (AvgIpc) is 3.30. The minimum absolute atomic E-state index is 0.0155. The summed E-state index contributed by atoms with van der Waals surface area (Å²) in [5.41, 5.74) is 0.285. The van der Waals surface area contributed by atoms with Crippen LogP contribution in [0.4, 0.5) is 0 Å². The molecule has 124 valence electrons. The van der Waals surface area contributed by atoms with Crippen LogP contribution >= 0.6 is 11.3 Å². The molecule has 0 saturated carbocycles. The predicted molar refractivity (Wildman–Crippen MR) is 92.1 cm³/mol. The van der Waals surface area contributed by atoms with Gasteiger partial charge in [0, 0.05) is 11.9 Å². The van der Waals surface area contributed by atoms with E-state index in [-0.39, 0.29) is 24.2 Å². The number of carbonyl (C=O) groups excluding carboxylic acids is 1. The molecule has 0 radical (unpaired) electrons. The van der Waals surface area contributed by atoms with Gasteiger partial charge in [-0.15, -0.1) is 11.3 Å². The molecule has 0 spiro atoms. The second kappa shape index (κ2) is 7.31. The monoisotopic (exact) mass is 342 g/mol. The van der Waals surface area contributed by atoms with Crippen molar-refractivity contribution in [1.29, 1.82) is 0 Å². The zero-order valence-corrected chi connectivity index (χ0v) is 14.3. The van der Waals surface area contributed by atoms with Crippen molar-refractivity contribution in [3.8, 4) is 5.75 Å². The van der Waals surface area contributed by atoms with Crippen molar-refractivity contribution in [2.24, 2.45) is 0 Å². The second-order valence-electron chi connectivity index (χ2n) is 5.34. The van der Waals surface area contributed by atoms with Gasteiger partial charge in [-0.3, -0.25) is 4.79 Å². The summed E-state index contributed by atoms with van der Waals surface area (Å²) in [6.45, 7) is 2.17. The number of carbonyl (C=O) groups is 1. The van der Waals surface area contributed by atoms with Crippen molar-refractivity contribution >= 4 is 17.2 Å². The number of thiophene rings is 1. The number of rotatable bonds is 6. The van der Waals surface area contributed by atoms with E-state index in [0.717, 1.165) is 10.6 Å². The molecule has 0 fully saturated rings. The maximum absolute atomic E-state index is 12.5. The Kier molecular flexibility index (Phi) is 4.96. The molecule has 0 aliphatic heterocycles. The van der Waals surface area contributed by atoms with E-state index in [0.29, 0.717) is 5.89 Å². The summed E-state index contributed by atoms with van der Waals surface area (Å²) in [7, 11) is 1.77. The summed E-state index contributed by atoms with van der Waals surface area (Å²) in [6.07, 6.45) is 1.38. The number of ether oxygens (including phenoxy) is 1. The number of para-hydroxylation sites is 1. The summed E-state index contributed by atoms with van der Waals surface area (Å²) in [6, 6.07) is 13.4. The second-order valence-corrected chi connectivity index (χ2v) is 6.31. The van der Waals surface area contributed by atoms with Crippen LogP contribution in [0.25, 0.3) is 0 Å². The van der Waals surface area contributed by atoms with Crippen molar-refractivity contribution in [3.63, 3.8) is 0 Å². The summed E-state index contributed by atoms with van der Waals surface area (Å²) in [4.78, 5) is 19.6. The standard InChI is InChI=1S/C18H18N2O3S/c1-13(16-9-6-10-24-16)20(2)18(21)15-11-23-17(19-15)12-22-14-7-4-3-5-8-14/h3-11,13H,12H2,1-2H3/t13-/m0/s1. The Hall–Kier alpha value is -2.60. The average molecular weight is 342 g/mol. The van der Waals surface area contributed by atoms with Crippen LogP contribution in [-0.2, 0) is 6.61 Å². The largest absolute Gasteiger partial charge is 0.484 e. The highest BCUT2D eigenvalue weighted by atomic mass is 32.1. The number of oxazole rings is 1. The first kappa shape index (κ1) is 16.3. The summed E-state index contributed by atoms with van der Waals surface area (Å²) < 4.78 is 10.9. The van der Waals surface area contributed by atoms with Crippen LogP contribution in [-0.4, -0.2) is 22.8 Å². The fourth-order valence-electron chi connectivity index (χ4n) is 2.21. The minimum Gasteiger partial charge on any atom is -0.484 e. The minimum atomic E-state index is -0.175. The fourth-order valence-corrected chi connectivity index (χ4v) is 3.04. The van der Waals surface area contributed by atoms with Crippen LogP contribution in [0.5, 0.6) is 5.75 Å². The van der Waals surface area contributed by atoms with Crippen molar-refractivity contribution in [2.45, 2.75) is 19.6 Å². The molecule has 0 aliphatic carbocycles. The highest BCUT2D eigenvalue weighted by Crippen LogP contribution is 2.24. The van der Waals surface area contributed by atoms with Gasteiger partial charge in [-0.2, -0.15) is 0 Å². The van der Waals surface area contributed by atoms with Gasteiger partial charge in [-0.1, -0.05) is 24.3 Å². The van der Waals surface area contributed by atoms with Gasteiger partial charge < -0.3 is 14.1 Å². The Morgan fingerprint density at radius 2 is 2.08 bits per heavy atom. The Balaban J connectivity index is 1.63.